The lowest BCUT2D eigenvalue weighted by molar-refractivity contribution is -0.252. The third-order valence-corrected chi connectivity index (χ3v) is 6.88. The van der Waals surface area contributed by atoms with Crippen LogP contribution in [0.25, 0.3) is 11.0 Å². The second-order valence-corrected chi connectivity index (χ2v) is 10.2. The molecule has 1 atom stereocenters. The van der Waals surface area contributed by atoms with E-state index in [4.69, 9.17) is 0 Å². The molecule has 4 aromatic rings. The first-order valence-corrected chi connectivity index (χ1v) is 12.7. The van der Waals surface area contributed by atoms with Crippen LogP contribution in [0.2, 0.25) is 0 Å². The molecule has 0 aliphatic heterocycles. The molecule has 0 aliphatic rings. The van der Waals surface area contributed by atoms with E-state index in [0.717, 1.165) is 6.26 Å². The highest BCUT2D eigenvalue weighted by Gasteiger charge is 2.59. The number of alkyl halides is 3. The van der Waals surface area contributed by atoms with E-state index in [1.54, 1.807) is 13.0 Å². The van der Waals surface area contributed by atoms with Gasteiger partial charge in [-0.1, -0.05) is 36.4 Å². The Hall–Kier alpha value is -3.70. The fourth-order valence-corrected chi connectivity index (χ4v) is 4.63. The van der Waals surface area contributed by atoms with Crippen LogP contribution in [-0.4, -0.2) is 41.4 Å². The highest BCUT2D eigenvalue weighted by Crippen LogP contribution is 2.44. The van der Waals surface area contributed by atoms with E-state index in [2.05, 4.69) is 10.3 Å². The summed E-state index contributed by atoms with van der Waals surface area (Å²) < 4.78 is 67.6. The number of aromatic nitrogens is 2. The van der Waals surface area contributed by atoms with Crippen molar-refractivity contribution in [3.63, 3.8) is 0 Å². The first-order chi connectivity index (χ1) is 16.9. The van der Waals surface area contributed by atoms with Crippen molar-refractivity contribution in [1.29, 1.82) is 0 Å². The fraction of sp³-hybridized carbons (Fsp3) is 0.200. The summed E-state index contributed by atoms with van der Waals surface area (Å²) in [6, 6.07) is 16.6. The molecule has 2 N–H and O–H groups in total. The van der Waals surface area contributed by atoms with Gasteiger partial charge in [-0.2, -0.15) is 13.2 Å². The zero-order valence-electron chi connectivity index (χ0n) is 19.2. The Bertz CT molecular complexity index is 1550. The van der Waals surface area contributed by atoms with Crippen molar-refractivity contribution >= 4 is 32.5 Å². The minimum absolute atomic E-state index is 0.0248. The molecule has 36 heavy (non-hydrogen) atoms. The monoisotopic (exact) mass is 517 g/mol. The molecule has 3 aromatic carbocycles. The normalized spacial score (nSPS) is 13.9. The smallest absolute Gasteiger partial charge is 0.370 e. The summed E-state index contributed by atoms with van der Waals surface area (Å²) in [5, 5.41) is 13.6. The van der Waals surface area contributed by atoms with Crippen molar-refractivity contribution in [2.24, 2.45) is 0 Å². The van der Waals surface area contributed by atoms with E-state index >= 15 is 0 Å². The van der Waals surface area contributed by atoms with Crippen LogP contribution in [0.3, 0.4) is 0 Å². The van der Waals surface area contributed by atoms with Gasteiger partial charge in [0.2, 0.25) is 5.60 Å². The minimum Gasteiger partial charge on any atom is -0.370 e. The predicted octanol–water partition coefficient (Wildman–Crippen LogP) is 4.51. The summed E-state index contributed by atoms with van der Waals surface area (Å²) in [7, 11) is -3.49. The molecule has 0 spiro atoms. The van der Waals surface area contributed by atoms with Gasteiger partial charge in [0, 0.05) is 29.6 Å². The van der Waals surface area contributed by atoms with E-state index in [9.17, 15) is 31.5 Å². The predicted molar refractivity (Wildman–Crippen MR) is 128 cm³/mol. The molecule has 0 saturated carbocycles. The highest BCUT2D eigenvalue weighted by molar-refractivity contribution is 7.90. The number of hydrogen-bond donors (Lipinski definition) is 2. The van der Waals surface area contributed by atoms with Gasteiger partial charge in [0.15, 0.2) is 15.7 Å². The quantitative estimate of drug-likeness (QED) is 0.392. The Morgan fingerprint density at radius 2 is 1.72 bits per heavy atom. The third-order valence-electron chi connectivity index (χ3n) is 5.77. The van der Waals surface area contributed by atoms with Gasteiger partial charge in [0.25, 0.3) is 5.91 Å². The number of anilines is 1. The van der Waals surface area contributed by atoms with E-state index in [0.29, 0.717) is 0 Å². The van der Waals surface area contributed by atoms with Crippen molar-refractivity contribution in [1.82, 2.24) is 9.55 Å². The van der Waals surface area contributed by atoms with Crippen molar-refractivity contribution < 1.29 is 31.5 Å². The summed E-state index contributed by atoms with van der Waals surface area (Å²) >= 11 is 0. The van der Waals surface area contributed by atoms with E-state index in [1.807, 2.05) is 0 Å². The van der Waals surface area contributed by atoms with Crippen LogP contribution in [0.5, 0.6) is 0 Å². The van der Waals surface area contributed by atoms with E-state index in [1.165, 1.54) is 71.3 Å². The van der Waals surface area contributed by atoms with Gasteiger partial charge < -0.3 is 15.0 Å². The van der Waals surface area contributed by atoms with Crippen molar-refractivity contribution in [2.45, 2.75) is 30.1 Å². The number of nitrogens with zero attached hydrogens (tertiary/aromatic N) is 2. The highest BCUT2D eigenvalue weighted by atomic mass is 32.2. The van der Waals surface area contributed by atoms with Gasteiger partial charge in [-0.15, -0.1) is 0 Å². The number of carbonyl (C=O) groups excluding carboxylic acids is 1. The molecule has 0 aliphatic carbocycles. The molecule has 7 nitrogen and oxygen atoms in total. The van der Waals surface area contributed by atoms with Crippen LogP contribution in [0, 0.1) is 0 Å². The second kappa shape index (κ2) is 9.07. The lowest BCUT2D eigenvalue weighted by atomic mass is 9.92. The van der Waals surface area contributed by atoms with Crippen molar-refractivity contribution in [2.75, 3.05) is 11.6 Å². The van der Waals surface area contributed by atoms with Crippen molar-refractivity contribution in [3.05, 3.63) is 89.7 Å². The average Bonchev–Trinajstić information content (AvgIpc) is 3.21. The van der Waals surface area contributed by atoms with Gasteiger partial charge >= 0.3 is 6.18 Å². The number of hydrogen-bond acceptors (Lipinski definition) is 5. The number of aliphatic hydroxyl groups is 1. The number of amides is 1. The van der Waals surface area contributed by atoms with Gasteiger partial charge in [-0.3, -0.25) is 4.79 Å². The Labute approximate surface area is 205 Å². The Morgan fingerprint density at radius 1 is 1.03 bits per heavy atom. The van der Waals surface area contributed by atoms with Gasteiger partial charge in [-0.05, 0) is 43.3 Å². The molecule has 0 bridgehead atoms. The topological polar surface area (TPSA) is 101 Å². The summed E-state index contributed by atoms with van der Waals surface area (Å²) in [6.07, 6.45) is -4.03. The van der Waals surface area contributed by atoms with Crippen molar-refractivity contribution in [3.8, 4) is 0 Å². The third kappa shape index (κ3) is 4.47. The van der Waals surface area contributed by atoms with Crippen LogP contribution < -0.4 is 5.32 Å². The molecular formula is C25H22F3N3O4S. The summed E-state index contributed by atoms with van der Waals surface area (Å²) in [5.74, 6) is -1.21. The Balaban J connectivity index is 1.78. The van der Waals surface area contributed by atoms with Crippen LogP contribution in [-0.2, 0) is 22.0 Å². The average molecular weight is 518 g/mol. The number of benzene rings is 3. The summed E-state index contributed by atoms with van der Waals surface area (Å²) in [4.78, 5) is 17.0. The summed E-state index contributed by atoms with van der Waals surface area (Å²) in [6.45, 7) is 1.65. The standard InChI is InChI=1S/C25H22F3N3O4S/c1-3-31-21-14-16(22(32)29-18-10-7-11-19(15-18)36(2,34)35)12-13-20(21)30-23(31)24(33,25(26,27)28)17-8-5-4-6-9-17/h4-15,33H,3H2,1-2H3,(H,29,32). The SMILES string of the molecule is CCn1c(C(O)(c2ccccc2)C(F)(F)F)nc2ccc(C(=O)Nc3cccc(S(C)(=O)=O)c3)cc21. The van der Waals surface area contributed by atoms with E-state index in [-0.39, 0.29) is 39.3 Å². The zero-order chi connectivity index (χ0) is 26.3. The Kier molecular flexibility index (Phi) is 6.40. The number of nitrogens with one attached hydrogen (secondary N) is 1. The second-order valence-electron chi connectivity index (χ2n) is 8.21. The molecule has 188 valence electrons. The van der Waals surface area contributed by atoms with Crippen LogP contribution >= 0.6 is 0 Å². The number of fused-ring (bicyclic) bond motifs is 1. The first-order valence-electron chi connectivity index (χ1n) is 10.8. The number of carbonyl (C=O) groups is 1. The van der Waals surface area contributed by atoms with Gasteiger partial charge in [0.05, 0.1) is 15.9 Å². The molecule has 1 aromatic heterocycles. The number of imidazole rings is 1. The fourth-order valence-electron chi connectivity index (χ4n) is 3.97. The molecule has 0 fully saturated rings. The van der Waals surface area contributed by atoms with E-state index < -0.39 is 33.3 Å². The van der Waals surface area contributed by atoms with Crippen LogP contribution in [0.1, 0.15) is 28.7 Å². The molecule has 1 heterocycles. The number of aryl methyl sites for hydroxylation is 1. The molecule has 1 amide bonds. The number of halogens is 3. The van der Waals surface area contributed by atoms with Crippen LogP contribution in [0.15, 0.2) is 77.7 Å². The van der Waals surface area contributed by atoms with Gasteiger partial charge in [0.1, 0.15) is 0 Å². The molecular weight excluding hydrogens is 495 g/mol. The lowest BCUT2D eigenvalue weighted by Gasteiger charge is -2.30. The Morgan fingerprint density at radius 3 is 2.33 bits per heavy atom. The summed E-state index contributed by atoms with van der Waals surface area (Å²) in [5.41, 5.74) is -3.01. The molecule has 11 heteroatoms. The first kappa shape index (κ1) is 25.4. The lowest BCUT2D eigenvalue weighted by Crippen LogP contribution is -2.45. The van der Waals surface area contributed by atoms with Crippen LogP contribution in [0.4, 0.5) is 18.9 Å². The molecule has 4 rings (SSSR count). The molecule has 0 radical (unpaired) electrons. The zero-order valence-corrected chi connectivity index (χ0v) is 20.1. The number of sulfone groups is 1. The maximum absolute atomic E-state index is 14.3. The maximum Gasteiger partial charge on any atom is 0.428 e. The largest absolute Gasteiger partial charge is 0.428 e. The molecule has 1 unspecified atom stereocenters. The number of rotatable bonds is 6. The minimum atomic E-state index is -5.08. The van der Waals surface area contributed by atoms with Gasteiger partial charge in [-0.25, -0.2) is 13.4 Å². The maximum atomic E-state index is 14.3. The molecule has 0 saturated heterocycles.